The van der Waals surface area contributed by atoms with E-state index in [1.165, 1.54) is 6.08 Å². The number of ether oxygens (including phenoxy) is 2. The summed E-state index contributed by atoms with van der Waals surface area (Å²) < 4.78 is 10.4. The van der Waals surface area contributed by atoms with Crippen molar-refractivity contribution in [3.05, 3.63) is 41.3 Å². The molecule has 0 atom stereocenters. The van der Waals surface area contributed by atoms with Gasteiger partial charge in [0.1, 0.15) is 0 Å². The molecule has 1 aromatic carbocycles. The standard InChI is InChI=1S/C15H15NO4S/c1-4-7-16-14(17)13(21-15(16)18)9-10-5-6-11(19-2)12(8-10)20-3/h4-6,8-9H,1,7H2,2-3H3. The Hall–Kier alpha value is -2.21. The molecule has 0 saturated carbocycles. The van der Waals surface area contributed by atoms with Crippen LogP contribution in [0.15, 0.2) is 35.8 Å². The van der Waals surface area contributed by atoms with Crippen molar-refractivity contribution in [2.75, 3.05) is 20.8 Å². The number of nitrogens with zero attached hydrogens (tertiary/aromatic N) is 1. The zero-order valence-electron chi connectivity index (χ0n) is 11.8. The van der Waals surface area contributed by atoms with Gasteiger partial charge in [0.05, 0.1) is 19.1 Å². The number of carbonyl (C=O) groups excluding carboxylic acids is 2. The van der Waals surface area contributed by atoms with Crippen molar-refractivity contribution >= 4 is 29.0 Å². The maximum atomic E-state index is 12.1. The van der Waals surface area contributed by atoms with Gasteiger partial charge in [-0.25, -0.2) is 0 Å². The summed E-state index contributed by atoms with van der Waals surface area (Å²) in [5, 5.41) is -0.286. The lowest BCUT2D eigenvalue weighted by atomic mass is 10.2. The molecular formula is C15H15NO4S. The summed E-state index contributed by atoms with van der Waals surface area (Å²) in [6.07, 6.45) is 3.19. The van der Waals surface area contributed by atoms with Crippen LogP contribution in [0.1, 0.15) is 5.56 Å². The van der Waals surface area contributed by atoms with E-state index in [-0.39, 0.29) is 17.7 Å². The first-order chi connectivity index (χ1) is 10.1. The smallest absolute Gasteiger partial charge is 0.293 e. The number of rotatable bonds is 5. The number of hydrogen-bond donors (Lipinski definition) is 0. The largest absolute Gasteiger partial charge is 0.493 e. The van der Waals surface area contributed by atoms with Crippen molar-refractivity contribution in [3.8, 4) is 11.5 Å². The summed E-state index contributed by atoms with van der Waals surface area (Å²) in [6, 6.07) is 5.29. The third-order valence-corrected chi connectivity index (χ3v) is 3.80. The van der Waals surface area contributed by atoms with Crippen LogP contribution >= 0.6 is 11.8 Å². The molecule has 6 heteroatoms. The first-order valence-corrected chi connectivity index (χ1v) is 7.00. The van der Waals surface area contributed by atoms with Crippen LogP contribution in [0, 0.1) is 0 Å². The molecule has 1 aliphatic rings. The fraction of sp³-hybridized carbons (Fsp3) is 0.200. The second kappa shape index (κ2) is 6.49. The topological polar surface area (TPSA) is 55.8 Å². The second-order valence-electron chi connectivity index (χ2n) is 4.20. The molecule has 21 heavy (non-hydrogen) atoms. The Bertz CT molecular complexity index is 624. The van der Waals surface area contributed by atoms with Crippen molar-refractivity contribution in [2.24, 2.45) is 0 Å². The molecule has 0 radical (unpaired) electrons. The van der Waals surface area contributed by atoms with E-state index in [4.69, 9.17) is 9.47 Å². The number of amides is 2. The van der Waals surface area contributed by atoms with E-state index in [1.807, 2.05) is 0 Å². The Labute approximate surface area is 127 Å². The molecule has 2 amide bonds. The van der Waals surface area contributed by atoms with Gasteiger partial charge in [-0.2, -0.15) is 0 Å². The van der Waals surface area contributed by atoms with Crippen LogP contribution in [0.25, 0.3) is 6.08 Å². The molecule has 5 nitrogen and oxygen atoms in total. The third kappa shape index (κ3) is 3.11. The zero-order valence-corrected chi connectivity index (χ0v) is 12.6. The number of imide groups is 1. The van der Waals surface area contributed by atoms with E-state index < -0.39 is 0 Å². The first-order valence-electron chi connectivity index (χ1n) is 6.19. The summed E-state index contributed by atoms with van der Waals surface area (Å²) in [5.41, 5.74) is 0.761. The van der Waals surface area contributed by atoms with Gasteiger partial charge in [0.15, 0.2) is 11.5 Å². The Morgan fingerprint density at radius 2 is 1.95 bits per heavy atom. The lowest BCUT2D eigenvalue weighted by Gasteiger charge is -2.08. The molecule has 1 aliphatic heterocycles. The molecule has 0 unspecified atom stereocenters. The fourth-order valence-corrected chi connectivity index (χ4v) is 2.73. The third-order valence-electron chi connectivity index (χ3n) is 2.89. The van der Waals surface area contributed by atoms with E-state index >= 15 is 0 Å². The van der Waals surface area contributed by atoms with E-state index in [0.29, 0.717) is 16.4 Å². The number of thioether (sulfide) groups is 1. The molecule has 0 bridgehead atoms. The molecule has 110 valence electrons. The van der Waals surface area contributed by atoms with Gasteiger partial charge in [-0.15, -0.1) is 6.58 Å². The molecule has 1 aromatic rings. The molecule has 1 fully saturated rings. The van der Waals surface area contributed by atoms with Crippen LogP contribution in [0.4, 0.5) is 4.79 Å². The highest BCUT2D eigenvalue weighted by Crippen LogP contribution is 2.34. The number of benzene rings is 1. The lowest BCUT2D eigenvalue weighted by Crippen LogP contribution is -2.27. The summed E-state index contributed by atoms with van der Waals surface area (Å²) in [7, 11) is 3.09. The molecule has 2 rings (SSSR count). The van der Waals surface area contributed by atoms with E-state index in [9.17, 15) is 9.59 Å². The van der Waals surface area contributed by atoms with Crippen molar-refractivity contribution in [1.82, 2.24) is 4.90 Å². The minimum atomic E-state index is -0.306. The van der Waals surface area contributed by atoms with Gasteiger partial charge in [0.25, 0.3) is 11.1 Å². The molecule has 0 aromatic heterocycles. The molecule has 0 spiro atoms. The van der Waals surface area contributed by atoms with Crippen molar-refractivity contribution < 1.29 is 19.1 Å². The van der Waals surface area contributed by atoms with Crippen molar-refractivity contribution in [3.63, 3.8) is 0 Å². The van der Waals surface area contributed by atoms with Gasteiger partial charge in [0, 0.05) is 6.54 Å². The van der Waals surface area contributed by atoms with Gasteiger partial charge < -0.3 is 9.47 Å². The van der Waals surface area contributed by atoms with Crippen molar-refractivity contribution in [1.29, 1.82) is 0 Å². The minimum absolute atomic E-state index is 0.216. The highest BCUT2D eigenvalue weighted by molar-refractivity contribution is 8.18. The fourth-order valence-electron chi connectivity index (χ4n) is 1.88. The van der Waals surface area contributed by atoms with Crippen LogP contribution in [0.5, 0.6) is 11.5 Å². The molecule has 0 N–H and O–H groups in total. The predicted octanol–water partition coefficient (Wildman–Crippen LogP) is 2.93. The highest BCUT2D eigenvalue weighted by Gasteiger charge is 2.34. The zero-order chi connectivity index (χ0) is 15.4. The first kappa shape index (κ1) is 15.2. The maximum Gasteiger partial charge on any atom is 0.293 e. The summed E-state index contributed by atoms with van der Waals surface area (Å²) in [4.78, 5) is 25.4. The van der Waals surface area contributed by atoms with E-state index in [0.717, 1.165) is 22.2 Å². The van der Waals surface area contributed by atoms with Crippen LogP contribution in [0.2, 0.25) is 0 Å². The van der Waals surface area contributed by atoms with Gasteiger partial charge in [0.2, 0.25) is 0 Å². The number of carbonyl (C=O) groups is 2. The Balaban J connectivity index is 2.30. The van der Waals surface area contributed by atoms with Crippen LogP contribution in [-0.2, 0) is 4.79 Å². The SMILES string of the molecule is C=CCN1C(=O)SC(=Cc2ccc(OC)c(OC)c2)C1=O. The van der Waals surface area contributed by atoms with Gasteiger partial charge in [-0.1, -0.05) is 12.1 Å². The lowest BCUT2D eigenvalue weighted by molar-refractivity contribution is -0.122. The molecule has 0 aliphatic carbocycles. The maximum absolute atomic E-state index is 12.1. The number of hydrogen-bond acceptors (Lipinski definition) is 5. The summed E-state index contributed by atoms with van der Waals surface area (Å²) in [6.45, 7) is 3.75. The van der Waals surface area contributed by atoms with E-state index in [2.05, 4.69) is 6.58 Å². The second-order valence-corrected chi connectivity index (χ2v) is 5.19. The Kier molecular flexibility index (Phi) is 4.70. The monoisotopic (exact) mass is 305 g/mol. The molecular weight excluding hydrogens is 290 g/mol. The quantitative estimate of drug-likeness (QED) is 0.618. The summed E-state index contributed by atoms with van der Waals surface area (Å²) >= 11 is 0.919. The average Bonchev–Trinajstić information content (AvgIpc) is 2.75. The van der Waals surface area contributed by atoms with Gasteiger partial charge in [-0.3, -0.25) is 14.5 Å². The molecule has 1 saturated heterocycles. The van der Waals surface area contributed by atoms with Gasteiger partial charge in [-0.05, 0) is 35.5 Å². The minimum Gasteiger partial charge on any atom is -0.493 e. The average molecular weight is 305 g/mol. The van der Waals surface area contributed by atoms with Crippen LogP contribution in [-0.4, -0.2) is 36.8 Å². The van der Waals surface area contributed by atoms with E-state index in [1.54, 1.807) is 38.5 Å². The number of methoxy groups -OCH3 is 2. The predicted molar refractivity (Wildman–Crippen MR) is 82.4 cm³/mol. The van der Waals surface area contributed by atoms with Crippen LogP contribution < -0.4 is 9.47 Å². The molecule has 1 heterocycles. The normalized spacial score (nSPS) is 16.5. The Morgan fingerprint density at radius 1 is 1.24 bits per heavy atom. The van der Waals surface area contributed by atoms with Crippen LogP contribution in [0.3, 0.4) is 0 Å². The van der Waals surface area contributed by atoms with Crippen molar-refractivity contribution in [2.45, 2.75) is 0 Å². The summed E-state index contributed by atoms with van der Waals surface area (Å²) in [5.74, 6) is 0.866. The Morgan fingerprint density at radius 3 is 2.57 bits per heavy atom. The highest BCUT2D eigenvalue weighted by atomic mass is 32.2. The van der Waals surface area contributed by atoms with Gasteiger partial charge >= 0.3 is 0 Å².